The molecule has 7 heteroatoms. The molecule has 0 fully saturated rings. The van der Waals surface area contributed by atoms with Gasteiger partial charge in [-0.3, -0.25) is 15.1 Å². The van der Waals surface area contributed by atoms with Crippen LogP contribution in [0.3, 0.4) is 0 Å². The first kappa shape index (κ1) is 14.3. The molecule has 0 saturated carbocycles. The van der Waals surface area contributed by atoms with Crippen molar-refractivity contribution in [1.29, 1.82) is 0 Å². The lowest BCUT2D eigenvalue weighted by Crippen LogP contribution is -2.11. The lowest BCUT2D eigenvalue weighted by Gasteiger charge is -1.99. The smallest absolute Gasteiger partial charge is 0.259 e. The first-order chi connectivity index (χ1) is 10.7. The Morgan fingerprint density at radius 3 is 2.91 bits per heavy atom. The van der Waals surface area contributed by atoms with Gasteiger partial charge in [0.2, 0.25) is 5.13 Å². The van der Waals surface area contributed by atoms with Crippen LogP contribution in [0.25, 0.3) is 0 Å². The molecular weight excluding hydrogens is 303 g/mol. The number of aromatic nitrogens is 3. The summed E-state index contributed by atoms with van der Waals surface area (Å²) in [4.78, 5) is 15.9. The van der Waals surface area contributed by atoms with E-state index in [-0.39, 0.29) is 11.7 Å². The Hall–Kier alpha value is -2.67. The minimum absolute atomic E-state index is 0.285. The third kappa shape index (κ3) is 3.50. The van der Waals surface area contributed by atoms with Gasteiger partial charge in [-0.2, -0.15) is 0 Å². The Balaban J connectivity index is 1.68. The molecule has 0 saturated heterocycles. The van der Waals surface area contributed by atoms with Gasteiger partial charge in [0.25, 0.3) is 5.91 Å². The number of carbonyl (C=O) groups is 1. The van der Waals surface area contributed by atoms with E-state index in [2.05, 4.69) is 20.5 Å². The van der Waals surface area contributed by atoms with E-state index >= 15 is 0 Å². The van der Waals surface area contributed by atoms with Crippen LogP contribution in [0.2, 0.25) is 0 Å². The van der Waals surface area contributed by atoms with Crippen LogP contribution in [0.15, 0.2) is 48.8 Å². The zero-order valence-electron chi connectivity index (χ0n) is 11.4. The summed E-state index contributed by atoms with van der Waals surface area (Å²) in [5, 5.41) is 11.7. The van der Waals surface area contributed by atoms with Gasteiger partial charge in [-0.25, -0.2) is 4.39 Å². The van der Waals surface area contributed by atoms with Crippen molar-refractivity contribution >= 4 is 22.4 Å². The van der Waals surface area contributed by atoms with Crippen LogP contribution in [0, 0.1) is 5.82 Å². The number of nitrogens with zero attached hydrogens (tertiary/aromatic N) is 3. The third-order valence-electron chi connectivity index (χ3n) is 2.86. The molecule has 2 heterocycles. The van der Waals surface area contributed by atoms with Crippen LogP contribution < -0.4 is 5.32 Å². The van der Waals surface area contributed by atoms with Gasteiger partial charge in [-0.15, -0.1) is 10.2 Å². The van der Waals surface area contributed by atoms with Crippen molar-refractivity contribution in [3.05, 3.63) is 70.7 Å². The van der Waals surface area contributed by atoms with E-state index in [1.54, 1.807) is 24.4 Å². The fourth-order valence-electron chi connectivity index (χ4n) is 1.86. The minimum atomic E-state index is -0.290. The van der Waals surface area contributed by atoms with E-state index in [1.807, 2.05) is 6.07 Å². The topological polar surface area (TPSA) is 67.8 Å². The Kier molecular flexibility index (Phi) is 4.15. The number of pyridine rings is 1. The SMILES string of the molecule is O=C(Nc1nnc(Cc2cccc(F)c2)s1)c1cccnc1. The Bertz CT molecular complexity index is 791. The predicted molar refractivity (Wildman–Crippen MR) is 81.3 cm³/mol. The second-order valence-corrected chi connectivity index (χ2v) is 5.57. The van der Waals surface area contributed by atoms with Crippen molar-refractivity contribution in [2.45, 2.75) is 6.42 Å². The van der Waals surface area contributed by atoms with E-state index in [1.165, 1.54) is 29.7 Å². The summed E-state index contributed by atoms with van der Waals surface area (Å²) < 4.78 is 13.1. The molecule has 5 nitrogen and oxygen atoms in total. The van der Waals surface area contributed by atoms with Gasteiger partial charge in [0.15, 0.2) is 0 Å². The molecule has 1 amide bonds. The lowest BCUT2D eigenvalue weighted by molar-refractivity contribution is 0.102. The predicted octanol–water partition coefficient (Wildman–Crippen LogP) is 2.92. The van der Waals surface area contributed by atoms with E-state index in [9.17, 15) is 9.18 Å². The maximum Gasteiger partial charge on any atom is 0.259 e. The number of carbonyl (C=O) groups excluding carboxylic acids is 1. The molecule has 0 unspecified atom stereocenters. The quantitative estimate of drug-likeness (QED) is 0.804. The van der Waals surface area contributed by atoms with Crippen molar-refractivity contribution in [3.63, 3.8) is 0 Å². The molecule has 110 valence electrons. The van der Waals surface area contributed by atoms with Crippen LogP contribution in [0.5, 0.6) is 0 Å². The number of rotatable bonds is 4. The zero-order valence-corrected chi connectivity index (χ0v) is 12.2. The molecule has 0 radical (unpaired) electrons. The molecule has 3 aromatic rings. The van der Waals surface area contributed by atoms with E-state index in [0.29, 0.717) is 22.1 Å². The van der Waals surface area contributed by atoms with Crippen LogP contribution in [0.1, 0.15) is 20.9 Å². The van der Waals surface area contributed by atoms with E-state index < -0.39 is 0 Å². The Morgan fingerprint density at radius 2 is 2.14 bits per heavy atom. The van der Waals surface area contributed by atoms with Crippen molar-refractivity contribution in [2.24, 2.45) is 0 Å². The first-order valence-electron chi connectivity index (χ1n) is 6.49. The Morgan fingerprint density at radius 1 is 1.23 bits per heavy atom. The molecule has 0 bridgehead atoms. The van der Waals surface area contributed by atoms with Crippen LogP contribution in [-0.4, -0.2) is 21.1 Å². The molecule has 0 aliphatic carbocycles. The van der Waals surface area contributed by atoms with E-state index in [0.717, 1.165) is 5.56 Å². The van der Waals surface area contributed by atoms with Gasteiger partial charge < -0.3 is 0 Å². The molecule has 2 aromatic heterocycles. The van der Waals surface area contributed by atoms with Crippen LogP contribution >= 0.6 is 11.3 Å². The number of anilines is 1. The molecule has 0 spiro atoms. The average Bonchev–Trinajstić information content (AvgIpc) is 2.95. The second-order valence-electron chi connectivity index (χ2n) is 4.50. The summed E-state index contributed by atoms with van der Waals surface area (Å²) in [5.74, 6) is -0.575. The molecule has 3 rings (SSSR count). The van der Waals surface area contributed by atoms with Crippen LogP contribution in [-0.2, 0) is 6.42 Å². The standard InChI is InChI=1S/C15H11FN4OS/c16-12-5-1-3-10(7-12)8-13-19-20-15(22-13)18-14(21)11-4-2-6-17-9-11/h1-7,9H,8H2,(H,18,20,21). The average molecular weight is 314 g/mol. The van der Waals surface area contributed by atoms with Crippen LogP contribution in [0.4, 0.5) is 9.52 Å². The van der Waals surface area contributed by atoms with Gasteiger partial charge >= 0.3 is 0 Å². The summed E-state index contributed by atoms with van der Waals surface area (Å²) in [5.41, 5.74) is 1.26. The van der Waals surface area contributed by atoms with Crippen molar-refractivity contribution in [1.82, 2.24) is 15.2 Å². The summed E-state index contributed by atoms with van der Waals surface area (Å²) in [7, 11) is 0. The number of nitrogens with one attached hydrogen (secondary N) is 1. The highest BCUT2D eigenvalue weighted by molar-refractivity contribution is 7.15. The zero-order chi connectivity index (χ0) is 15.4. The van der Waals surface area contributed by atoms with E-state index in [4.69, 9.17) is 0 Å². The molecule has 22 heavy (non-hydrogen) atoms. The number of amides is 1. The molecule has 1 N–H and O–H groups in total. The van der Waals surface area contributed by atoms with Crippen molar-refractivity contribution in [3.8, 4) is 0 Å². The summed E-state index contributed by atoms with van der Waals surface area (Å²) >= 11 is 1.26. The molecule has 1 aromatic carbocycles. The number of benzene rings is 1. The fourth-order valence-corrected chi connectivity index (χ4v) is 2.63. The largest absolute Gasteiger partial charge is 0.296 e. The van der Waals surface area contributed by atoms with Gasteiger partial charge in [0.05, 0.1) is 5.56 Å². The third-order valence-corrected chi connectivity index (χ3v) is 3.69. The monoisotopic (exact) mass is 314 g/mol. The highest BCUT2D eigenvalue weighted by atomic mass is 32.1. The Labute approximate surface area is 129 Å². The minimum Gasteiger partial charge on any atom is -0.296 e. The molecule has 0 aliphatic heterocycles. The highest BCUT2D eigenvalue weighted by Crippen LogP contribution is 2.19. The molecule has 0 atom stereocenters. The highest BCUT2D eigenvalue weighted by Gasteiger charge is 2.10. The first-order valence-corrected chi connectivity index (χ1v) is 7.30. The van der Waals surface area contributed by atoms with Crippen molar-refractivity contribution in [2.75, 3.05) is 5.32 Å². The molecule has 0 aliphatic rings. The lowest BCUT2D eigenvalue weighted by atomic mass is 10.1. The van der Waals surface area contributed by atoms with Gasteiger partial charge in [0.1, 0.15) is 10.8 Å². The fraction of sp³-hybridized carbons (Fsp3) is 0.0667. The van der Waals surface area contributed by atoms with Gasteiger partial charge in [-0.05, 0) is 29.8 Å². The summed E-state index contributed by atoms with van der Waals surface area (Å²) in [6.07, 6.45) is 3.54. The van der Waals surface area contributed by atoms with Crippen molar-refractivity contribution < 1.29 is 9.18 Å². The number of hydrogen-bond donors (Lipinski definition) is 1. The summed E-state index contributed by atoms with van der Waals surface area (Å²) in [6, 6.07) is 9.66. The van der Waals surface area contributed by atoms with Gasteiger partial charge in [0, 0.05) is 18.8 Å². The number of hydrogen-bond acceptors (Lipinski definition) is 5. The maximum atomic E-state index is 13.1. The molecular formula is C15H11FN4OS. The maximum absolute atomic E-state index is 13.1. The van der Waals surface area contributed by atoms with Gasteiger partial charge in [-0.1, -0.05) is 23.5 Å². The number of halogens is 1. The summed E-state index contributed by atoms with van der Waals surface area (Å²) in [6.45, 7) is 0. The normalized spacial score (nSPS) is 10.4. The second kappa shape index (κ2) is 6.40.